The molecule has 3 N–H and O–H groups in total. The van der Waals surface area contributed by atoms with E-state index >= 15 is 0 Å². The Morgan fingerprint density at radius 3 is 2.56 bits per heavy atom. The van der Waals surface area contributed by atoms with Crippen molar-refractivity contribution < 1.29 is 9.13 Å². The summed E-state index contributed by atoms with van der Waals surface area (Å²) in [6, 6.07) is 9.91. The first kappa shape index (κ1) is 19.4. The second-order valence-electron chi connectivity index (χ2n) is 5.89. The molecular weight excluding hydrogens is 434 g/mol. The van der Waals surface area contributed by atoms with E-state index in [-0.39, 0.29) is 29.8 Å². The van der Waals surface area contributed by atoms with Gasteiger partial charge in [-0.05, 0) is 42.7 Å². The minimum absolute atomic E-state index is 0. The smallest absolute Gasteiger partial charge is 0.219 e. The van der Waals surface area contributed by atoms with E-state index in [0.29, 0.717) is 30.2 Å². The molecule has 0 amide bonds. The Morgan fingerprint density at radius 1 is 1.20 bits per heavy atom. The zero-order valence-corrected chi connectivity index (χ0v) is 16.2. The van der Waals surface area contributed by atoms with E-state index in [4.69, 9.17) is 10.5 Å². The highest BCUT2D eigenvalue weighted by molar-refractivity contribution is 14.0. The second kappa shape index (κ2) is 9.55. The van der Waals surface area contributed by atoms with Gasteiger partial charge in [-0.1, -0.05) is 18.9 Å². The quantitative estimate of drug-likeness (QED) is 0.406. The van der Waals surface area contributed by atoms with E-state index in [2.05, 4.69) is 15.3 Å². The number of rotatable bonds is 5. The molecule has 25 heavy (non-hydrogen) atoms. The first-order valence-corrected chi connectivity index (χ1v) is 8.14. The Hall–Kier alpha value is -1.90. The fraction of sp³-hybridized carbons (Fsp3) is 0.333. The predicted molar refractivity (Wildman–Crippen MR) is 107 cm³/mol. The van der Waals surface area contributed by atoms with Crippen LogP contribution in [-0.2, 0) is 6.54 Å². The number of nitrogens with zero attached hydrogens (tertiary/aromatic N) is 2. The normalized spacial score (nSPS) is 14.8. The molecule has 1 aliphatic rings. The fourth-order valence-corrected chi connectivity index (χ4v) is 2.69. The van der Waals surface area contributed by atoms with Crippen molar-refractivity contribution in [1.29, 1.82) is 0 Å². The number of aromatic nitrogens is 1. The molecule has 1 aliphatic carbocycles. The molecule has 0 radical (unpaired) electrons. The number of guanidine groups is 1. The molecule has 1 fully saturated rings. The number of pyridine rings is 1. The van der Waals surface area contributed by atoms with Crippen LogP contribution in [0, 0.1) is 5.82 Å². The number of hydrogen-bond donors (Lipinski definition) is 2. The summed E-state index contributed by atoms with van der Waals surface area (Å²) in [6.07, 6.45) is 6.53. The standard InChI is InChI=1S/C18H21FN4O.HI/c19-14-6-8-16(9-7-14)24-17-10-5-13(11-21-17)12-22-18(20)23-15-3-1-2-4-15;/h5-11,15H,1-4,12H2,(H3,20,22,23);1H. The lowest BCUT2D eigenvalue weighted by Crippen LogP contribution is -2.38. The number of benzene rings is 1. The highest BCUT2D eigenvalue weighted by Gasteiger charge is 2.14. The highest BCUT2D eigenvalue weighted by atomic mass is 127. The molecule has 134 valence electrons. The van der Waals surface area contributed by atoms with E-state index in [9.17, 15) is 4.39 Å². The first-order valence-electron chi connectivity index (χ1n) is 8.14. The molecule has 7 heteroatoms. The SMILES string of the molecule is I.NC(=NCc1ccc(Oc2ccc(F)cc2)nc1)NC1CCCC1. The van der Waals surface area contributed by atoms with Gasteiger partial charge in [0.25, 0.3) is 0 Å². The average molecular weight is 456 g/mol. The predicted octanol–water partition coefficient (Wildman–Crippen LogP) is 3.98. The number of ether oxygens (including phenoxy) is 1. The van der Waals surface area contributed by atoms with Crippen LogP contribution >= 0.6 is 24.0 Å². The van der Waals surface area contributed by atoms with E-state index in [1.165, 1.54) is 25.0 Å². The van der Waals surface area contributed by atoms with Gasteiger partial charge in [0.05, 0.1) is 6.54 Å². The van der Waals surface area contributed by atoms with Crippen LogP contribution in [0.2, 0.25) is 0 Å². The zero-order valence-electron chi connectivity index (χ0n) is 13.8. The lowest BCUT2D eigenvalue weighted by molar-refractivity contribution is 0.461. The van der Waals surface area contributed by atoms with Crippen LogP contribution in [0.15, 0.2) is 47.6 Å². The topological polar surface area (TPSA) is 72.5 Å². The van der Waals surface area contributed by atoms with Gasteiger partial charge < -0.3 is 15.8 Å². The van der Waals surface area contributed by atoms with Gasteiger partial charge in [-0.3, -0.25) is 0 Å². The van der Waals surface area contributed by atoms with Crippen LogP contribution in [0.1, 0.15) is 31.2 Å². The number of aliphatic imine (C=N–C) groups is 1. The fourth-order valence-electron chi connectivity index (χ4n) is 2.69. The molecule has 0 spiro atoms. The highest BCUT2D eigenvalue weighted by Crippen LogP contribution is 2.20. The monoisotopic (exact) mass is 456 g/mol. The average Bonchev–Trinajstić information content (AvgIpc) is 3.09. The Balaban J connectivity index is 0.00000225. The van der Waals surface area contributed by atoms with Crippen molar-refractivity contribution in [2.45, 2.75) is 38.3 Å². The summed E-state index contributed by atoms with van der Waals surface area (Å²) >= 11 is 0. The number of nitrogens with two attached hydrogens (primary N) is 1. The summed E-state index contributed by atoms with van der Waals surface area (Å²) < 4.78 is 18.4. The molecule has 0 aliphatic heterocycles. The zero-order chi connectivity index (χ0) is 16.8. The summed E-state index contributed by atoms with van der Waals surface area (Å²) in [7, 11) is 0. The largest absolute Gasteiger partial charge is 0.439 e. The van der Waals surface area contributed by atoms with E-state index in [0.717, 1.165) is 18.4 Å². The molecule has 5 nitrogen and oxygen atoms in total. The summed E-state index contributed by atoms with van der Waals surface area (Å²) in [5.74, 6) is 1.17. The third-order valence-corrected chi connectivity index (χ3v) is 3.97. The Kier molecular flexibility index (Phi) is 7.42. The Morgan fingerprint density at radius 2 is 1.92 bits per heavy atom. The minimum Gasteiger partial charge on any atom is -0.439 e. The van der Waals surface area contributed by atoms with Crippen LogP contribution in [0.4, 0.5) is 4.39 Å². The Bertz CT molecular complexity index is 685. The van der Waals surface area contributed by atoms with Crippen molar-refractivity contribution in [2.24, 2.45) is 10.7 Å². The van der Waals surface area contributed by atoms with Crippen molar-refractivity contribution in [2.75, 3.05) is 0 Å². The molecule has 0 bridgehead atoms. The molecule has 1 heterocycles. The van der Waals surface area contributed by atoms with Gasteiger partial charge in [0.15, 0.2) is 5.96 Å². The van der Waals surface area contributed by atoms with Gasteiger partial charge in [0.2, 0.25) is 5.88 Å². The molecule has 0 atom stereocenters. The molecule has 2 aromatic rings. The van der Waals surface area contributed by atoms with E-state index in [1.807, 2.05) is 6.07 Å². The number of nitrogens with one attached hydrogen (secondary N) is 1. The molecule has 0 unspecified atom stereocenters. The summed E-state index contributed by atoms with van der Waals surface area (Å²) in [5, 5.41) is 3.25. The third-order valence-electron chi connectivity index (χ3n) is 3.97. The van der Waals surface area contributed by atoms with Crippen molar-refractivity contribution >= 4 is 29.9 Å². The lowest BCUT2D eigenvalue weighted by atomic mass is 10.2. The van der Waals surface area contributed by atoms with Crippen LogP contribution in [0.3, 0.4) is 0 Å². The van der Waals surface area contributed by atoms with Gasteiger partial charge in [-0.15, -0.1) is 24.0 Å². The maximum absolute atomic E-state index is 12.9. The Labute approximate surface area is 163 Å². The summed E-state index contributed by atoms with van der Waals surface area (Å²) in [6.45, 7) is 0.468. The van der Waals surface area contributed by atoms with Gasteiger partial charge >= 0.3 is 0 Å². The third kappa shape index (κ3) is 6.15. The van der Waals surface area contributed by atoms with E-state index in [1.54, 1.807) is 24.4 Å². The van der Waals surface area contributed by atoms with Crippen LogP contribution in [-0.4, -0.2) is 17.0 Å². The van der Waals surface area contributed by atoms with E-state index < -0.39 is 0 Å². The summed E-state index contributed by atoms with van der Waals surface area (Å²) in [5.41, 5.74) is 6.85. The molecule has 1 aromatic heterocycles. The van der Waals surface area contributed by atoms with Crippen LogP contribution in [0.5, 0.6) is 11.6 Å². The van der Waals surface area contributed by atoms with Crippen molar-refractivity contribution in [3.8, 4) is 11.6 Å². The molecular formula is C18H22FIN4O. The number of halogens is 2. The van der Waals surface area contributed by atoms with Gasteiger partial charge in [-0.2, -0.15) is 0 Å². The second-order valence-corrected chi connectivity index (χ2v) is 5.89. The minimum atomic E-state index is -0.299. The van der Waals surface area contributed by atoms with Crippen molar-refractivity contribution in [1.82, 2.24) is 10.3 Å². The first-order chi connectivity index (χ1) is 11.7. The molecule has 3 rings (SSSR count). The molecule has 1 saturated carbocycles. The van der Waals surface area contributed by atoms with Gasteiger partial charge in [0.1, 0.15) is 11.6 Å². The van der Waals surface area contributed by atoms with Gasteiger partial charge in [0, 0.05) is 18.3 Å². The number of hydrogen-bond acceptors (Lipinski definition) is 3. The maximum Gasteiger partial charge on any atom is 0.219 e. The van der Waals surface area contributed by atoms with Crippen molar-refractivity contribution in [3.05, 3.63) is 54.0 Å². The van der Waals surface area contributed by atoms with Gasteiger partial charge in [-0.25, -0.2) is 14.4 Å². The maximum atomic E-state index is 12.9. The lowest BCUT2D eigenvalue weighted by Gasteiger charge is -2.12. The van der Waals surface area contributed by atoms with Crippen molar-refractivity contribution in [3.63, 3.8) is 0 Å². The van der Waals surface area contributed by atoms with Crippen LogP contribution in [0.25, 0.3) is 0 Å². The molecule has 0 saturated heterocycles. The summed E-state index contributed by atoms with van der Waals surface area (Å²) in [4.78, 5) is 8.57. The molecule has 1 aromatic carbocycles. The van der Waals surface area contributed by atoms with Crippen LogP contribution < -0.4 is 15.8 Å².